The Morgan fingerprint density at radius 3 is 2.45 bits per heavy atom. The van der Waals surface area contributed by atoms with Crippen molar-refractivity contribution in [1.29, 1.82) is 0 Å². The van der Waals surface area contributed by atoms with Gasteiger partial charge in [0.15, 0.2) is 17.3 Å². The monoisotopic (exact) mass is 543 g/mol. The van der Waals surface area contributed by atoms with Crippen molar-refractivity contribution in [1.82, 2.24) is 14.9 Å². The Balaban J connectivity index is 1.63. The van der Waals surface area contributed by atoms with Crippen LogP contribution >= 0.6 is 0 Å². The van der Waals surface area contributed by atoms with Crippen LogP contribution < -0.4 is 10.1 Å². The number of para-hydroxylation sites is 2. The smallest absolute Gasteiger partial charge is 0.194 e. The van der Waals surface area contributed by atoms with Gasteiger partial charge in [0.1, 0.15) is 39.8 Å². The van der Waals surface area contributed by atoms with Crippen molar-refractivity contribution >= 4 is 28.4 Å². The molecule has 0 amide bonds. The Bertz CT molecular complexity index is 1690. The fourth-order valence-electron chi connectivity index (χ4n) is 5.87. The van der Waals surface area contributed by atoms with E-state index < -0.39 is 28.5 Å². The van der Waals surface area contributed by atoms with E-state index in [9.17, 15) is 24.6 Å². The molecule has 2 atom stereocenters. The second kappa shape index (κ2) is 9.36. The Hall–Kier alpha value is -4.40. The molecule has 2 aliphatic rings. The standard InChI is InChI=1S/C31H33N3O6/c1-14(2)12-19(30-33-18-10-8-9-11-20(18)34(30)7)32-16(4)23-21(36)13-22-31(6,29(23)39)25-27(38)15(3)26(37)24(17(5)35)28(25)40-22/h8-11,13-14,19,32,37-38H,12H2,1-7H3/t19-,31-/m0/s1. The number of hydrogen-bond donors (Lipinski definition) is 3. The van der Waals surface area contributed by atoms with Gasteiger partial charge < -0.3 is 24.8 Å². The van der Waals surface area contributed by atoms with Crippen molar-refractivity contribution < 1.29 is 29.3 Å². The number of nitrogens with zero attached hydrogens (tertiary/aromatic N) is 2. The van der Waals surface area contributed by atoms with Crippen LogP contribution in [0.15, 0.2) is 47.4 Å². The summed E-state index contributed by atoms with van der Waals surface area (Å²) in [6, 6.07) is 7.51. The van der Waals surface area contributed by atoms with Crippen LogP contribution in [0.3, 0.4) is 0 Å². The highest BCUT2D eigenvalue weighted by Gasteiger charge is 2.56. The van der Waals surface area contributed by atoms with E-state index in [-0.39, 0.29) is 51.5 Å². The summed E-state index contributed by atoms with van der Waals surface area (Å²) < 4.78 is 7.88. The largest absolute Gasteiger partial charge is 0.507 e. The minimum atomic E-state index is -1.57. The van der Waals surface area contributed by atoms with Gasteiger partial charge >= 0.3 is 0 Å². The molecule has 0 saturated carbocycles. The molecular weight excluding hydrogens is 510 g/mol. The number of allylic oxidation sites excluding steroid dienone is 4. The number of nitrogens with one attached hydrogen (secondary N) is 1. The lowest BCUT2D eigenvalue weighted by Crippen LogP contribution is -2.41. The minimum absolute atomic E-state index is 0.00549. The average molecular weight is 544 g/mol. The molecule has 1 aromatic heterocycles. The SMILES string of the molecule is CC(=O)c1c(O)c(C)c(O)c2c1OC1=CC(=O)C(=C(C)N[C@@H](CC(C)C)c3nc4ccccc4n3C)C(=O)[C@@]12C. The molecule has 3 N–H and O–H groups in total. The lowest BCUT2D eigenvalue weighted by atomic mass is 9.70. The number of carbonyl (C=O) groups excluding carboxylic acids is 3. The molecule has 9 nitrogen and oxygen atoms in total. The fraction of sp³-hybridized carbons (Fsp3) is 0.355. The second-order valence-corrected chi connectivity index (χ2v) is 11.2. The predicted octanol–water partition coefficient (Wildman–Crippen LogP) is 4.83. The van der Waals surface area contributed by atoms with Gasteiger partial charge in [0.2, 0.25) is 0 Å². The number of ether oxygens (including phenoxy) is 1. The number of carbonyl (C=O) groups is 3. The molecule has 208 valence electrons. The highest BCUT2D eigenvalue weighted by molar-refractivity contribution is 6.31. The minimum Gasteiger partial charge on any atom is -0.507 e. The number of ketones is 3. The lowest BCUT2D eigenvalue weighted by Gasteiger charge is -2.30. The average Bonchev–Trinajstić information content (AvgIpc) is 3.37. The van der Waals surface area contributed by atoms with Gasteiger partial charge in [-0.2, -0.15) is 0 Å². The van der Waals surface area contributed by atoms with E-state index in [0.29, 0.717) is 12.1 Å². The number of fused-ring (bicyclic) bond motifs is 4. The zero-order valence-electron chi connectivity index (χ0n) is 23.7. The lowest BCUT2D eigenvalue weighted by molar-refractivity contribution is -0.123. The summed E-state index contributed by atoms with van der Waals surface area (Å²) >= 11 is 0. The molecule has 5 rings (SSSR count). The van der Waals surface area contributed by atoms with Gasteiger partial charge in [-0.25, -0.2) is 4.98 Å². The first-order valence-electron chi connectivity index (χ1n) is 13.3. The molecule has 2 aromatic carbocycles. The van der Waals surface area contributed by atoms with Gasteiger partial charge in [0.25, 0.3) is 0 Å². The molecule has 0 spiro atoms. The van der Waals surface area contributed by atoms with Crippen molar-refractivity contribution in [2.75, 3.05) is 0 Å². The van der Waals surface area contributed by atoms with Gasteiger partial charge in [-0.15, -0.1) is 0 Å². The quantitative estimate of drug-likeness (QED) is 0.229. The third kappa shape index (κ3) is 3.83. The molecule has 0 unspecified atom stereocenters. The Labute approximate surface area is 232 Å². The van der Waals surface area contributed by atoms with Gasteiger partial charge in [-0.05, 0) is 52.2 Å². The van der Waals surface area contributed by atoms with E-state index in [2.05, 4.69) is 19.2 Å². The number of aromatic nitrogens is 2. The van der Waals surface area contributed by atoms with Gasteiger partial charge in [0.05, 0.1) is 28.2 Å². The summed E-state index contributed by atoms with van der Waals surface area (Å²) in [5.41, 5.74) is 0.541. The van der Waals surface area contributed by atoms with Crippen LogP contribution in [0.4, 0.5) is 0 Å². The number of hydrogen-bond acceptors (Lipinski definition) is 8. The number of rotatable bonds is 6. The number of phenols is 2. The third-order valence-electron chi connectivity index (χ3n) is 7.99. The molecular formula is C31H33N3O6. The Morgan fingerprint density at radius 1 is 1.15 bits per heavy atom. The molecule has 40 heavy (non-hydrogen) atoms. The molecule has 0 radical (unpaired) electrons. The zero-order chi connectivity index (χ0) is 29.3. The van der Waals surface area contributed by atoms with E-state index >= 15 is 0 Å². The van der Waals surface area contributed by atoms with Crippen LogP contribution in [0.25, 0.3) is 11.0 Å². The highest BCUT2D eigenvalue weighted by Crippen LogP contribution is 2.57. The highest BCUT2D eigenvalue weighted by atomic mass is 16.5. The second-order valence-electron chi connectivity index (χ2n) is 11.2. The topological polar surface area (TPSA) is 131 Å². The van der Waals surface area contributed by atoms with Crippen molar-refractivity contribution in [2.24, 2.45) is 13.0 Å². The number of aryl methyl sites for hydroxylation is 1. The van der Waals surface area contributed by atoms with Crippen LogP contribution in [-0.4, -0.2) is 37.1 Å². The molecule has 0 bridgehead atoms. The van der Waals surface area contributed by atoms with E-state index in [0.717, 1.165) is 16.9 Å². The van der Waals surface area contributed by atoms with E-state index in [1.165, 1.54) is 19.9 Å². The van der Waals surface area contributed by atoms with Gasteiger partial charge in [-0.3, -0.25) is 14.4 Å². The van der Waals surface area contributed by atoms with E-state index in [1.807, 2.05) is 35.9 Å². The normalized spacial score (nSPS) is 20.2. The number of imidazole rings is 1. The van der Waals surface area contributed by atoms with E-state index in [1.54, 1.807) is 13.8 Å². The summed E-state index contributed by atoms with van der Waals surface area (Å²) in [5.74, 6) is -1.42. The van der Waals surface area contributed by atoms with Crippen molar-refractivity contribution in [2.45, 2.75) is 59.4 Å². The molecule has 1 aliphatic heterocycles. The van der Waals surface area contributed by atoms with Crippen LogP contribution in [0.5, 0.6) is 17.2 Å². The summed E-state index contributed by atoms with van der Waals surface area (Å²) in [4.78, 5) is 44.9. The van der Waals surface area contributed by atoms with Crippen molar-refractivity contribution in [3.63, 3.8) is 0 Å². The van der Waals surface area contributed by atoms with Crippen LogP contribution in [-0.2, 0) is 22.1 Å². The summed E-state index contributed by atoms with van der Waals surface area (Å²) in [6.45, 7) is 10.1. The maximum absolute atomic E-state index is 14.2. The summed E-state index contributed by atoms with van der Waals surface area (Å²) in [6.07, 6.45) is 1.92. The first kappa shape index (κ1) is 27.2. The maximum atomic E-state index is 14.2. The van der Waals surface area contributed by atoms with E-state index in [4.69, 9.17) is 9.72 Å². The van der Waals surface area contributed by atoms with Crippen LogP contribution in [0.2, 0.25) is 0 Å². The first-order valence-corrected chi connectivity index (χ1v) is 13.3. The van der Waals surface area contributed by atoms with Gasteiger partial charge in [0, 0.05) is 24.4 Å². The zero-order valence-corrected chi connectivity index (χ0v) is 23.7. The number of phenolic OH excluding ortho intramolecular Hbond substituents is 2. The fourth-order valence-corrected chi connectivity index (χ4v) is 5.87. The van der Waals surface area contributed by atoms with Crippen LogP contribution in [0, 0.1) is 12.8 Å². The Morgan fingerprint density at radius 2 is 1.82 bits per heavy atom. The molecule has 9 heteroatoms. The predicted molar refractivity (Wildman–Crippen MR) is 149 cm³/mol. The number of Topliss-reactive ketones (excluding diaryl/α,β-unsaturated/α-hetero) is 2. The molecule has 1 aliphatic carbocycles. The maximum Gasteiger partial charge on any atom is 0.194 e. The summed E-state index contributed by atoms with van der Waals surface area (Å²) in [5, 5.41) is 25.0. The molecule has 3 aromatic rings. The first-order chi connectivity index (χ1) is 18.8. The van der Waals surface area contributed by atoms with Crippen molar-refractivity contribution in [3.8, 4) is 17.2 Å². The summed E-state index contributed by atoms with van der Waals surface area (Å²) in [7, 11) is 1.94. The Kier molecular flexibility index (Phi) is 6.36. The van der Waals surface area contributed by atoms with Crippen molar-refractivity contribution in [3.05, 3.63) is 69.9 Å². The number of benzene rings is 2. The van der Waals surface area contributed by atoms with Crippen LogP contribution in [0.1, 0.15) is 74.4 Å². The molecule has 2 heterocycles. The van der Waals surface area contributed by atoms with Gasteiger partial charge in [-0.1, -0.05) is 26.0 Å². The molecule has 0 saturated heterocycles. The molecule has 0 fully saturated rings. The third-order valence-corrected chi connectivity index (χ3v) is 7.99. The number of aromatic hydroxyl groups is 2.